The average molecular weight is 263 g/mol. The topological polar surface area (TPSA) is 49.9 Å². The molecule has 1 atom stereocenters. The number of nitrogens with one attached hydrogen (secondary N) is 2. The van der Waals surface area contributed by atoms with Crippen LogP contribution in [0.25, 0.3) is 0 Å². The lowest BCUT2D eigenvalue weighted by atomic mass is 10.1. The molecule has 0 saturated carbocycles. The number of aromatic amines is 1. The molecule has 19 heavy (non-hydrogen) atoms. The molecule has 0 aliphatic heterocycles. The molecule has 1 aromatic carbocycles. The summed E-state index contributed by atoms with van der Waals surface area (Å²) in [4.78, 5) is 7.18. The molecule has 1 unspecified atom stereocenters. The molecule has 0 bridgehead atoms. The zero-order chi connectivity index (χ0) is 13.7. The van der Waals surface area contributed by atoms with E-state index in [1.165, 1.54) is 6.07 Å². The Morgan fingerprint density at radius 2 is 2.32 bits per heavy atom. The van der Waals surface area contributed by atoms with Gasteiger partial charge in [-0.15, -0.1) is 0 Å². The van der Waals surface area contributed by atoms with Gasteiger partial charge in [-0.25, -0.2) is 9.37 Å². The molecule has 0 radical (unpaired) electrons. The molecule has 1 aromatic heterocycles. The van der Waals surface area contributed by atoms with Crippen molar-refractivity contribution >= 4 is 0 Å². The molecule has 0 saturated heterocycles. The minimum absolute atomic E-state index is 0.119. The van der Waals surface area contributed by atoms with E-state index in [-0.39, 0.29) is 11.9 Å². The summed E-state index contributed by atoms with van der Waals surface area (Å²) in [6.07, 6.45) is 4.28. The van der Waals surface area contributed by atoms with Crippen LogP contribution in [0.1, 0.15) is 24.4 Å². The molecule has 102 valence electrons. The van der Waals surface area contributed by atoms with Crippen LogP contribution in [0.5, 0.6) is 5.75 Å². The van der Waals surface area contributed by atoms with Crippen molar-refractivity contribution in [2.45, 2.75) is 19.4 Å². The lowest BCUT2D eigenvalue weighted by Gasteiger charge is -2.17. The largest absolute Gasteiger partial charge is 0.496 e. The highest BCUT2D eigenvalue weighted by atomic mass is 19.1. The maximum atomic E-state index is 13.8. The van der Waals surface area contributed by atoms with Gasteiger partial charge in [0.05, 0.1) is 7.11 Å². The molecular weight excluding hydrogens is 245 g/mol. The van der Waals surface area contributed by atoms with Gasteiger partial charge in [0.25, 0.3) is 0 Å². The number of H-pyrrole nitrogens is 1. The summed E-state index contributed by atoms with van der Waals surface area (Å²) >= 11 is 0. The molecule has 0 spiro atoms. The van der Waals surface area contributed by atoms with Crippen molar-refractivity contribution < 1.29 is 9.13 Å². The highest BCUT2D eigenvalue weighted by Crippen LogP contribution is 2.27. The quantitative estimate of drug-likeness (QED) is 0.841. The molecule has 0 amide bonds. The van der Waals surface area contributed by atoms with Crippen LogP contribution in [0.3, 0.4) is 0 Å². The SMILES string of the molecule is COc1cccc(F)c1C(C)NCCc1ncc[nH]1. The fraction of sp³-hybridized carbons (Fsp3) is 0.357. The molecule has 2 N–H and O–H groups in total. The van der Waals surface area contributed by atoms with Gasteiger partial charge in [-0.2, -0.15) is 0 Å². The minimum atomic E-state index is -0.252. The maximum Gasteiger partial charge on any atom is 0.131 e. The monoisotopic (exact) mass is 263 g/mol. The van der Waals surface area contributed by atoms with Gasteiger partial charge in [0.1, 0.15) is 17.4 Å². The molecule has 2 rings (SSSR count). The van der Waals surface area contributed by atoms with Crippen LogP contribution in [0.4, 0.5) is 4.39 Å². The number of methoxy groups -OCH3 is 1. The van der Waals surface area contributed by atoms with Crippen LogP contribution in [0.15, 0.2) is 30.6 Å². The number of benzene rings is 1. The third-order valence-corrected chi connectivity index (χ3v) is 3.03. The Balaban J connectivity index is 1.97. The number of halogens is 1. The van der Waals surface area contributed by atoms with Gasteiger partial charge >= 0.3 is 0 Å². The van der Waals surface area contributed by atoms with E-state index in [1.54, 1.807) is 31.6 Å². The van der Waals surface area contributed by atoms with Crippen LogP contribution in [0, 0.1) is 5.82 Å². The van der Waals surface area contributed by atoms with E-state index in [2.05, 4.69) is 15.3 Å². The smallest absolute Gasteiger partial charge is 0.131 e. The zero-order valence-corrected chi connectivity index (χ0v) is 11.1. The van der Waals surface area contributed by atoms with Gasteiger partial charge < -0.3 is 15.0 Å². The normalized spacial score (nSPS) is 12.4. The number of hydrogen-bond donors (Lipinski definition) is 2. The zero-order valence-electron chi connectivity index (χ0n) is 11.1. The van der Waals surface area contributed by atoms with E-state index >= 15 is 0 Å². The third kappa shape index (κ3) is 3.32. The molecule has 0 aliphatic rings. The lowest BCUT2D eigenvalue weighted by molar-refractivity contribution is 0.394. The van der Waals surface area contributed by atoms with Crippen molar-refractivity contribution in [3.8, 4) is 5.75 Å². The Hall–Kier alpha value is -1.88. The van der Waals surface area contributed by atoms with Crippen LogP contribution < -0.4 is 10.1 Å². The highest BCUT2D eigenvalue weighted by Gasteiger charge is 2.15. The van der Waals surface area contributed by atoms with E-state index < -0.39 is 0 Å². The van der Waals surface area contributed by atoms with Crippen molar-refractivity contribution in [2.24, 2.45) is 0 Å². The fourth-order valence-corrected chi connectivity index (χ4v) is 2.06. The summed E-state index contributed by atoms with van der Waals surface area (Å²) in [6.45, 7) is 2.63. The summed E-state index contributed by atoms with van der Waals surface area (Å²) in [5.74, 6) is 1.23. The first-order valence-corrected chi connectivity index (χ1v) is 6.26. The van der Waals surface area contributed by atoms with E-state index in [1.807, 2.05) is 6.92 Å². The molecule has 1 heterocycles. The van der Waals surface area contributed by atoms with Gasteiger partial charge in [-0.3, -0.25) is 0 Å². The number of aromatic nitrogens is 2. The fourth-order valence-electron chi connectivity index (χ4n) is 2.06. The maximum absolute atomic E-state index is 13.8. The molecule has 0 aliphatic carbocycles. The van der Waals surface area contributed by atoms with Crippen LogP contribution in [0.2, 0.25) is 0 Å². The van der Waals surface area contributed by atoms with E-state index in [0.29, 0.717) is 17.9 Å². The first-order valence-electron chi connectivity index (χ1n) is 6.26. The second-order valence-electron chi connectivity index (χ2n) is 4.32. The number of rotatable bonds is 6. The second kappa shape index (κ2) is 6.33. The summed E-state index contributed by atoms with van der Waals surface area (Å²) in [5.41, 5.74) is 0.560. The average Bonchev–Trinajstić information content (AvgIpc) is 2.91. The number of ether oxygens (including phenoxy) is 1. The first-order chi connectivity index (χ1) is 9.22. The Bertz CT molecular complexity index is 513. The van der Waals surface area contributed by atoms with Gasteiger partial charge in [0.15, 0.2) is 0 Å². The van der Waals surface area contributed by atoms with Crippen molar-refractivity contribution in [1.82, 2.24) is 15.3 Å². The van der Waals surface area contributed by atoms with Crippen LogP contribution in [-0.2, 0) is 6.42 Å². The van der Waals surface area contributed by atoms with Crippen molar-refractivity contribution in [1.29, 1.82) is 0 Å². The van der Waals surface area contributed by atoms with Crippen LogP contribution >= 0.6 is 0 Å². The van der Waals surface area contributed by atoms with Gasteiger partial charge in [-0.1, -0.05) is 6.07 Å². The predicted octanol–water partition coefficient (Wildman–Crippen LogP) is 2.45. The molecule has 0 fully saturated rings. The van der Waals surface area contributed by atoms with Gasteiger partial charge in [0, 0.05) is 37.0 Å². The standard InChI is InChI=1S/C14H18FN3O/c1-10(16-7-6-13-17-8-9-18-13)14-11(15)4-3-5-12(14)19-2/h3-5,8-10,16H,6-7H2,1-2H3,(H,17,18). The number of nitrogens with zero attached hydrogens (tertiary/aromatic N) is 1. The van der Waals surface area contributed by atoms with Crippen molar-refractivity contribution in [3.63, 3.8) is 0 Å². The van der Waals surface area contributed by atoms with Crippen LogP contribution in [-0.4, -0.2) is 23.6 Å². The third-order valence-electron chi connectivity index (χ3n) is 3.03. The summed E-state index contributed by atoms with van der Waals surface area (Å²) in [6, 6.07) is 4.74. The highest BCUT2D eigenvalue weighted by molar-refractivity contribution is 5.36. The Kier molecular flexibility index (Phi) is 4.52. The Morgan fingerprint density at radius 3 is 3.00 bits per heavy atom. The lowest BCUT2D eigenvalue weighted by Crippen LogP contribution is -2.23. The van der Waals surface area contributed by atoms with E-state index in [9.17, 15) is 4.39 Å². The summed E-state index contributed by atoms with van der Waals surface area (Å²) < 4.78 is 19.1. The summed E-state index contributed by atoms with van der Waals surface area (Å²) in [5, 5.41) is 3.27. The number of imidazole rings is 1. The minimum Gasteiger partial charge on any atom is -0.496 e. The van der Waals surface area contributed by atoms with Gasteiger partial charge in [0.2, 0.25) is 0 Å². The molecule has 5 heteroatoms. The van der Waals surface area contributed by atoms with E-state index in [4.69, 9.17) is 4.74 Å². The predicted molar refractivity (Wildman–Crippen MR) is 71.7 cm³/mol. The Morgan fingerprint density at radius 1 is 1.47 bits per heavy atom. The van der Waals surface area contributed by atoms with Crippen molar-refractivity contribution in [3.05, 3.63) is 47.8 Å². The molecular formula is C14H18FN3O. The summed E-state index contributed by atoms with van der Waals surface area (Å²) in [7, 11) is 1.55. The molecule has 2 aromatic rings. The van der Waals surface area contributed by atoms with Gasteiger partial charge in [-0.05, 0) is 19.1 Å². The van der Waals surface area contributed by atoms with Crippen molar-refractivity contribution in [2.75, 3.05) is 13.7 Å². The Labute approximate surface area is 112 Å². The molecule has 4 nitrogen and oxygen atoms in total. The van der Waals surface area contributed by atoms with E-state index in [0.717, 1.165) is 12.2 Å². The number of hydrogen-bond acceptors (Lipinski definition) is 3. The first kappa shape index (κ1) is 13.5. The second-order valence-corrected chi connectivity index (χ2v) is 4.32.